The molecule has 3 heteroatoms. The van der Waals surface area contributed by atoms with E-state index in [1.165, 1.54) is 42.6 Å². The molecule has 1 saturated carbocycles. The van der Waals surface area contributed by atoms with Crippen LogP contribution in [-0.4, -0.2) is 16.3 Å². The lowest BCUT2D eigenvalue weighted by molar-refractivity contribution is 0.268. The summed E-state index contributed by atoms with van der Waals surface area (Å²) in [4.78, 5) is 0. The second-order valence-corrected chi connectivity index (χ2v) is 6.67. The first kappa shape index (κ1) is 15.6. The third-order valence-electron chi connectivity index (χ3n) is 4.93. The summed E-state index contributed by atoms with van der Waals surface area (Å²) in [7, 11) is 0. The Bertz CT molecular complexity index is 436. The molecule has 20 heavy (non-hydrogen) atoms. The Morgan fingerprint density at radius 3 is 2.70 bits per heavy atom. The van der Waals surface area contributed by atoms with Gasteiger partial charge in [0, 0.05) is 23.8 Å². The zero-order chi connectivity index (χ0) is 14.7. The van der Waals surface area contributed by atoms with E-state index in [-0.39, 0.29) is 0 Å². The van der Waals surface area contributed by atoms with Gasteiger partial charge in [-0.05, 0) is 58.9 Å². The molecule has 0 radical (unpaired) electrons. The van der Waals surface area contributed by atoms with Crippen molar-refractivity contribution in [3.8, 4) is 0 Å². The third kappa shape index (κ3) is 3.43. The van der Waals surface area contributed by atoms with Crippen LogP contribution in [0.15, 0.2) is 0 Å². The van der Waals surface area contributed by atoms with E-state index >= 15 is 0 Å². The Hall–Kier alpha value is -0.830. The lowest BCUT2D eigenvalue weighted by Gasteiger charge is -2.28. The predicted molar refractivity (Wildman–Crippen MR) is 84.9 cm³/mol. The van der Waals surface area contributed by atoms with E-state index in [4.69, 9.17) is 0 Å². The molecule has 1 aliphatic carbocycles. The maximum atomic E-state index is 4.63. The van der Waals surface area contributed by atoms with Gasteiger partial charge in [-0.25, -0.2) is 0 Å². The average molecular weight is 277 g/mol. The minimum Gasteiger partial charge on any atom is -0.310 e. The molecule has 0 aliphatic heterocycles. The van der Waals surface area contributed by atoms with Crippen LogP contribution >= 0.6 is 0 Å². The van der Waals surface area contributed by atoms with Gasteiger partial charge in [-0.3, -0.25) is 4.68 Å². The van der Waals surface area contributed by atoms with Gasteiger partial charge in [-0.2, -0.15) is 5.10 Å². The van der Waals surface area contributed by atoms with Crippen LogP contribution in [0.2, 0.25) is 0 Å². The fourth-order valence-electron chi connectivity index (χ4n) is 3.84. The van der Waals surface area contributed by atoms with Gasteiger partial charge in [0.1, 0.15) is 0 Å². The number of hydrogen-bond acceptors (Lipinski definition) is 2. The molecule has 0 aromatic carbocycles. The summed E-state index contributed by atoms with van der Waals surface area (Å²) in [6.07, 6.45) is 5.63. The summed E-state index contributed by atoms with van der Waals surface area (Å²) in [5.41, 5.74) is 3.90. The van der Waals surface area contributed by atoms with Gasteiger partial charge in [-0.15, -0.1) is 0 Å². The van der Waals surface area contributed by atoms with Crippen molar-refractivity contribution in [2.75, 3.05) is 6.54 Å². The fraction of sp³-hybridized carbons (Fsp3) is 0.824. The Morgan fingerprint density at radius 2 is 2.10 bits per heavy atom. The zero-order valence-electron chi connectivity index (χ0n) is 13.9. The van der Waals surface area contributed by atoms with Crippen LogP contribution in [0.5, 0.6) is 0 Å². The highest BCUT2D eigenvalue weighted by molar-refractivity contribution is 5.27. The fourth-order valence-corrected chi connectivity index (χ4v) is 3.84. The van der Waals surface area contributed by atoms with E-state index in [1.54, 1.807) is 0 Å². The number of aryl methyl sites for hydroxylation is 2. The van der Waals surface area contributed by atoms with Crippen molar-refractivity contribution in [1.82, 2.24) is 15.1 Å². The Balaban J connectivity index is 1.94. The minimum atomic E-state index is 0.410. The van der Waals surface area contributed by atoms with Crippen molar-refractivity contribution in [1.29, 1.82) is 0 Å². The number of rotatable bonds is 5. The Labute approximate surface area is 124 Å². The van der Waals surface area contributed by atoms with Crippen molar-refractivity contribution in [2.45, 2.75) is 72.9 Å². The molecule has 3 nitrogen and oxygen atoms in total. The standard InChI is InChI=1S/C17H31N3/c1-6-20-15(5)17(14(4)19-20)13(3)18-11-16-9-7-8-12(2)10-16/h12-13,16,18H,6-11H2,1-5H3. The number of hydrogen-bond donors (Lipinski definition) is 1. The van der Waals surface area contributed by atoms with Gasteiger partial charge in [0.25, 0.3) is 0 Å². The van der Waals surface area contributed by atoms with E-state index in [1.807, 2.05) is 0 Å². The highest BCUT2D eigenvalue weighted by atomic mass is 15.3. The van der Waals surface area contributed by atoms with Gasteiger partial charge in [0.2, 0.25) is 0 Å². The van der Waals surface area contributed by atoms with Crippen LogP contribution in [-0.2, 0) is 6.54 Å². The summed E-state index contributed by atoms with van der Waals surface area (Å²) in [5, 5.41) is 8.39. The summed E-state index contributed by atoms with van der Waals surface area (Å²) >= 11 is 0. The average Bonchev–Trinajstić information content (AvgIpc) is 2.71. The van der Waals surface area contributed by atoms with E-state index in [9.17, 15) is 0 Å². The summed E-state index contributed by atoms with van der Waals surface area (Å²) < 4.78 is 2.12. The first-order valence-corrected chi connectivity index (χ1v) is 8.30. The maximum Gasteiger partial charge on any atom is 0.0644 e. The van der Waals surface area contributed by atoms with Crippen molar-refractivity contribution >= 4 is 0 Å². The van der Waals surface area contributed by atoms with Gasteiger partial charge < -0.3 is 5.32 Å². The molecular weight excluding hydrogens is 246 g/mol. The number of nitrogens with one attached hydrogen (secondary N) is 1. The topological polar surface area (TPSA) is 29.9 Å². The molecule has 0 saturated heterocycles. The molecular formula is C17H31N3. The van der Waals surface area contributed by atoms with Crippen LogP contribution in [0.25, 0.3) is 0 Å². The van der Waals surface area contributed by atoms with Gasteiger partial charge in [-0.1, -0.05) is 19.8 Å². The second kappa shape index (κ2) is 6.75. The van der Waals surface area contributed by atoms with Crippen molar-refractivity contribution in [2.24, 2.45) is 11.8 Å². The summed E-state index contributed by atoms with van der Waals surface area (Å²) in [6, 6.07) is 0.410. The quantitative estimate of drug-likeness (QED) is 0.881. The third-order valence-corrected chi connectivity index (χ3v) is 4.93. The molecule has 0 amide bonds. The van der Waals surface area contributed by atoms with E-state index < -0.39 is 0 Å². The second-order valence-electron chi connectivity index (χ2n) is 6.67. The highest BCUT2D eigenvalue weighted by Gasteiger charge is 2.21. The normalized spacial score (nSPS) is 24.9. The molecule has 1 aromatic rings. The first-order valence-electron chi connectivity index (χ1n) is 8.30. The first-order chi connectivity index (χ1) is 9.52. The lowest BCUT2D eigenvalue weighted by atomic mass is 9.82. The van der Waals surface area contributed by atoms with Crippen LogP contribution in [0.3, 0.4) is 0 Å². The maximum absolute atomic E-state index is 4.63. The molecule has 1 aliphatic rings. The number of nitrogens with zero attached hydrogens (tertiary/aromatic N) is 2. The van der Waals surface area contributed by atoms with Crippen LogP contribution in [0, 0.1) is 25.7 Å². The zero-order valence-corrected chi connectivity index (χ0v) is 13.9. The van der Waals surface area contributed by atoms with Gasteiger partial charge >= 0.3 is 0 Å². The Morgan fingerprint density at radius 1 is 1.35 bits per heavy atom. The van der Waals surface area contributed by atoms with Crippen LogP contribution in [0.1, 0.15) is 69.4 Å². The summed E-state index contributed by atoms with van der Waals surface area (Å²) in [5.74, 6) is 1.78. The van der Waals surface area contributed by atoms with Gasteiger partial charge in [0.15, 0.2) is 0 Å². The molecule has 0 bridgehead atoms. The van der Waals surface area contributed by atoms with Gasteiger partial charge in [0.05, 0.1) is 5.69 Å². The number of aromatic nitrogens is 2. The smallest absolute Gasteiger partial charge is 0.0644 e. The lowest BCUT2D eigenvalue weighted by Crippen LogP contribution is -2.29. The molecule has 114 valence electrons. The van der Waals surface area contributed by atoms with E-state index in [0.29, 0.717) is 6.04 Å². The molecule has 2 rings (SSSR count). The van der Waals surface area contributed by atoms with Crippen LogP contribution < -0.4 is 5.32 Å². The summed E-state index contributed by atoms with van der Waals surface area (Å²) in [6.45, 7) is 13.3. The molecule has 3 unspecified atom stereocenters. The molecule has 1 fully saturated rings. The molecule has 0 spiro atoms. The Kier molecular flexibility index (Phi) is 5.25. The molecule has 1 heterocycles. The predicted octanol–water partition coefficient (Wildman–Crippen LogP) is 4.00. The van der Waals surface area contributed by atoms with Crippen molar-refractivity contribution in [3.05, 3.63) is 17.0 Å². The molecule has 1 aromatic heterocycles. The van der Waals surface area contributed by atoms with Crippen LogP contribution in [0.4, 0.5) is 0 Å². The SMILES string of the molecule is CCn1nc(C)c(C(C)NCC2CCCC(C)C2)c1C. The van der Waals surface area contributed by atoms with E-state index in [0.717, 1.165) is 24.9 Å². The van der Waals surface area contributed by atoms with Crippen molar-refractivity contribution < 1.29 is 0 Å². The highest BCUT2D eigenvalue weighted by Crippen LogP contribution is 2.29. The molecule has 3 atom stereocenters. The van der Waals surface area contributed by atoms with Crippen molar-refractivity contribution in [3.63, 3.8) is 0 Å². The monoisotopic (exact) mass is 277 g/mol. The minimum absolute atomic E-state index is 0.410. The van der Waals surface area contributed by atoms with E-state index in [2.05, 4.69) is 49.7 Å². The molecule has 1 N–H and O–H groups in total. The largest absolute Gasteiger partial charge is 0.310 e.